The summed E-state index contributed by atoms with van der Waals surface area (Å²) in [6, 6.07) is 10.1. The van der Waals surface area contributed by atoms with Crippen LogP contribution in [0.3, 0.4) is 0 Å². The molecule has 27 heavy (non-hydrogen) atoms. The normalized spacial score (nSPS) is 18.9. The first-order chi connectivity index (χ1) is 12.8. The molecule has 0 aliphatic heterocycles. The van der Waals surface area contributed by atoms with Crippen molar-refractivity contribution < 1.29 is 5.48 Å². The summed E-state index contributed by atoms with van der Waals surface area (Å²) in [6.45, 7) is 0.790. The van der Waals surface area contributed by atoms with E-state index in [1.807, 2.05) is 30.3 Å². The fourth-order valence-corrected chi connectivity index (χ4v) is 3.30. The van der Waals surface area contributed by atoms with Gasteiger partial charge in [0.15, 0.2) is 5.82 Å². The number of para-hydroxylation sites is 1. The van der Waals surface area contributed by atoms with Crippen LogP contribution >= 0.6 is 0 Å². The van der Waals surface area contributed by atoms with Gasteiger partial charge in [-0.25, -0.2) is 4.98 Å². The summed E-state index contributed by atoms with van der Waals surface area (Å²) in [5.74, 6) is 10.0. The van der Waals surface area contributed by atoms with Crippen LogP contribution in [0.2, 0.25) is 0 Å². The van der Waals surface area contributed by atoms with Crippen molar-refractivity contribution >= 4 is 17.0 Å². The molecule has 10 nitrogen and oxygen atoms in total. The van der Waals surface area contributed by atoms with Crippen LogP contribution in [0, 0.1) is 5.92 Å². The molecule has 146 valence electrons. The van der Waals surface area contributed by atoms with Crippen molar-refractivity contribution in [2.45, 2.75) is 31.7 Å². The van der Waals surface area contributed by atoms with E-state index >= 15 is 0 Å². The molecule has 3 aromatic rings. The number of hydrogen-bond acceptors (Lipinski definition) is 8. The highest BCUT2D eigenvalue weighted by Gasteiger charge is 2.20. The van der Waals surface area contributed by atoms with Crippen LogP contribution in [0.15, 0.2) is 36.5 Å². The Balaban J connectivity index is 0.000000844. The third-order valence-corrected chi connectivity index (χ3v) is 4.72. The van der Waals surface area contributed by atoms with Crippen molar-refractivity contribution in [3.8, 4) is 5.82 Å². The standard InChI is InChI=1S/C17H21N7.H4N2.H2O/c18-11-12-5-7-13(8-6-12)20-17-19-10-9-16(21-17)24-15-4-2-1-3-14(15)22-23-24;1-2;/h1-4,9-10,12-13H,5-8,11,18H2,(H,19,20,21);1-2H2;1H2. The average molecular weight is 373 g/mol. The van der Waals surface area contributed by atoms with Gasteiger partial charge in [0, 0.05) is 18.3 Å². The van der Waals surface area contributed by atoms with Crippen molar-refractivity contribution in [2.24, 2.45) is 23.3 Å². The van der Waals surface area contributed by atoms with Gasteiger partial charge in [0.2, 0.25) is 5.95 Å². The molecular formula is C17H27N9O. The van der Waals surface area contributed by atoms with Gasteiger partial charge >= 0.3 is 0 Å². The topological polar surface area (TPSA) is 178 Å². The number of fused-ring (bicyclic) bond motifs is 1. The second kappa shape index (κ2) is 9.88. The zero-order valence-corrected chi connectivity index (χ0v) is 15.1. The molecule has 0 saturated heterocycles. The Morgan fingerprint density at radius 3 is 2.56 bits per heavy atom. The minimum Gasteiger partial charge on any atom is -0.412 e. The minimum atomic E-state index is 0. The van der Waals surface area contributed by atoms with Crippen molar-refractivity contribution in [2.75, 3.05) is 11.9 Å². The summed E-state index contributed by atoms with van der Waals surface area (Å²) in [7, 11) is 0. The third-order valence-electron chi connectivity index (χ3n) is 4.72. The lowest BCUT2D eigenvalue weighted by Gasteiger charge is -2.28. The Labute approximate surface area is 157 Å². The maximum atomic E-state index is 5.76. The number of nitrogens with zero attached hydrogens (tertiary/aromatic N) is 5. The first kappa shape index (κ1) is 20.6. The van der Waals surface area contributed by atoms with E-state index in [0.717, 1.165) is 36.2 Å². The maximum absolute atomic E-state index is 5.76. The summed E-state index contributed by atoms with van der Waals surface area (Å²) in [5, 5.41) is 11.8. The number of nitrogens with two attached hydrogens (primary N) is 3. The highest BCUT2D eigenvalue weighted by Crippen LogP contribution is 2.25. The molecular weight excluding hydrogens is 346 g/mol. The molecule has 0 radical (unpaired) electrons. The Morgan fingerprint density at radius 1 is 1.07 bits per heavy atom. The zero-order valence-electron chi connectivity index (χ0n) is 15.1. The van der Waals surface area contributed by atoms with Crippen LogP contribution in [0.5, 0.6) is 0 Å². The van der Waals surface area contributed by atoms with Gasteiger partial charge in [-0.05, 0) is 50.3 Å². The van der Waals surface area contributed by atoms with Gasteiger partial charge in [0.1, 0.15) is 5.52 Å². The quantitative estimate of drug-likeness (QED) is 0.368. The maximum Gasteiger partial charge on any atom is 0.224 e. The van der Waals surface area contributed by atoms with E-state index in [0.29, 0.717) is 17.9 Å². The number of nitrogens with one attached hydrogen (secondary N) is 1. The molecule has 0 amide bonds. The number of aromatic nitrogens is 5. The molecule has 1 fully saturated rings. The van der Waals surface area contributed by atoms with Crippen LogP contribution in [-0.4, -0.2) is 43.0 Å². The van der Waals surface area contributed by atoms with E-state index in [1.54, 1.807) is 10.9 Å². The summed E-state index contributed by atoms with van der Waals surface area (Å²) >= 11 is 0. The van der Waals surface area contributed by atoms with Gasteiger partial charge in [-0.1, -0.05) is 17.3 Å². The lowest BCUT2D eigenvalue weighted by atomic mass is 9.86. The van der Waals surface area contributed by atoms with E-state index in [4.69, 9.17) is 5.73 Å². The first-order valence-electron chi connectivity index (χ1n) is 8.77. The fraction of sp³-hybridized carbons (Fsp3) is 0.412. The van der Waals surface area contributed by atoms with Gasteiger partial charge in [-0.15, -0.1) is 5.10 Å². The minimum absolute atomic E-state index is 0. The second-order valence-corrected chi connectivity index (χ2v) is 6.33. The monoisotopic (exact) mass is 373 g/mol. The number of hydrogen-bond donors (Lipinski definition) is 4. The smallest absolute Gasteiger partial charge is 0.224 e. The molecule has 1 aliphatic carbocycles. The summed E-state index contributed by atoms with van der Waals surface area (Å²) < 4.78 is 1.74. The van der Waals surface area contributed by atoms with Crippen molar-refractivity contribution in [3.63, 3.8) is 0 Å². The summed E-state index contributed by atoms with van der Waals surface area (Å²) in [6.07, 6.45) is 6.32. The van der Waals surface area contributed by atoms with E-state index in [9.17, 15) is 0 Å². The molecule has 9 N–H and O–H groups in total. The predicted octanol–water partition coefficient (Wildman–Crippen LogP) is 0.134. The average Bonchev–Trinajstić information content (AvgIpc) is 3.15. The van der Waals surface area contributed by atoms with E-state index < -0.39 is 0 Å². The van der Waals surface area contributed by atoms with Crippen LogP contribution in [0.1, 0.15) is 25.7 Å². The number of anilines is 1. The van der Waals surface area contributed by atoms with Crippen molar-refractivity contribution in [1.29, 1.82) is 0 Å². The lowest BCUT2D eigenvalue weighted by molar-refractivity contribution is 0.344. The summed E-state index contributed by atoms with van der Waals surface area (Å²) in [4.78, 5) is 8.97. The molecule has 2 aromatic heterocycles. The molecule has 0 unspecified atom stereocenters. The highest BCUT2D eigenvalue weighted by atomic mass is 16.0. The second-order valence-electron chi connectivity index (χ2n) is 6.33. The Bertz CT molecular complexity index is 830. The lowest BCUT2D eigenvalue weighted by Crippen LogP contribution is -2.29. The Hall–Kier alpha value is -2.66. The van der Waals surface area contributed by atoms with Gasteiger partial charge in [-0.2, -0.15) is 9.67 Å². The third kappa shape index (κ3) is 4.74. The molecule has 1 saturated carbocycles. The van der Waals surface area contributed by atoms with Gasteiger partial charge in [0.05, 0.1) is 5.52 Å². The molecule has 0 bridgehead atoms. The van der Waals surface area contributed by atoms with Gasteiger partial charge in [-0.3, -0.25) is 11.7 Å². The number of benzene rings is 1. The molecule has 1 aliphatic rings. The highest BCUT2D eigenvalue weighted by molar-refractivity contribution is 5.75. The number of rotatable bonds is 4. The van der Waals surface area contributed by atoms with Crippen molar-refractivity contribution in [1.82, 2.24) is 25.0 Å². The van der Waals surface area contributed by atoms with Gasteiger partial charge in [0.25, 0.3) is 0 Å². The van der Waals surface area contributed by atoms with Crippen molar-refractivity contribution in [3.05, 3.63) is 36.5 Å². The van der Waals surface area contributed by atoms with Crippen LogP contribution in [0.4, 0.5) is 5.95 Å². The molecule has 0 atom stereocenters. The van der Waals surface area contributed by atoms with Crippen LogP contribution in [0.25, 0.3) is 16.9 Å². The molecule has 10 heteroatoms. The van der Waals surface area contributed by atoms with E-state index in [1.165, 1.54) is 12.8 Å². The van der Waals surface area contributed by atoms with Gasteiger partial charge < -0.3 is 16.5 Å². The largest absolute Gasteiger partial charge is 0.412 e. The Morgan fingerprint density at radius 2 is 1.81 bits per heavy atom. The van der Waals surface area contributed by atoms with Crippen LogP contribution < -0.4 is 22.7 Å². The van der Waals surface area contributed by atoms with Crippen LogP contribution in [-0.2, 0) is 0 Å². The SMILES string of the molecule is NCC1CCC(Nc2nccc(-n3nnc4ccccc43)n2)CC1.NN.O. The Kier molecular flexibility index (Phi) is 7.55. The molecule has 0 spiro atoms. The first-order valence-corrected chi connectivity index (χ1v) is 8.77. The van der Waals surface area contributed by atoms with E-state index in [2.05, 4.69) is 37.3 Å². The molecule has 1 aromatic carbocycles. The number of hydrazine groups is 1. The fourth-order valence-electron chi connectivity index (χ4n) is 3.30. The predicted molar refractivity (Wildman–Crippen MR) is 105 cm³/mol. The molecule has 4 rings (SSSR count). The molecule has 2 heterocycles. The van der Waals surface area contributed by atoms with E-state index in [-0.39, 0.29) is 5.48 Å². The summed E-state index contributed by atoms with van der Waals surface area (Å²) in [5.41, 5.74) is 7.55. The zero-order chi connectivity index (χ0) is 18.4.